The molecule has 0 radical (unpaired) electrons. The molecule has 5 heteroatoms. The number of aliphatic hydroxyl groups is 1. The molecular weight excluding hydrogens is 278 g/mol. The van der Waals surface area contributed by atoms with Gasteiger partial charge in [-0.2, -0.15) is 0 Å². The number of nitrogens with zero attached hydrogens (tertiary/aromatic N) is 2. The summed E-state index contributed by atoms with van der Waals surface area (Å²) in [4.78, 5) is 16.5. The summed E-state index contributed by atoms with van der Waals surface area (Å²) >= 11 is 0. The molecule has 2 amide bonds. The summed E-state index contributed by atoms with van der Waals surface area (Å²) in [5, 5.41) is 12.3. The zero-order valence-electron chi connectivity index (χ0n) is 14.3. The van der Waals surface area contributed by atoms with Gasteiger partial charge in [0.2, 0.25) is 0 Å². The van der Waals surface area contributed by atoms with E-state index in [1.54, 1.807) is 0 Å². The predicted molar refractivity (Wildman–Crippen MR) is 88.8 cm³/mol. The van der Waals surface area contributed by atoms with E-state index in [-0.39, 0.29) is 6.03 Å². The maximum atomic E-state index is 12.2. The summed E-state index contributed by atoms with van der Waals surface area (Å²) in [5.41, 5.74) is 0. The van der Waals surface area contributed by atoms with E-state index in [4.69, 9.17) is 0 Å². The number of carbonyl (C=O) groups excluding carboxylic acids is 1. The zero-order valence-corrected chi connectivity index (χ0v) is 14.3. The second-order valence-electron chi connectivity index (χ2n) is 7.24. The van der Waals surface area contributed by atoms with E-state index < -0.39 is 0 Å². The van der Waals surface area contributed by atoms with Crippen molar-refractivity contribution in [2.45, 2.75) is 51.0 Å². The van der Waals surface area contributed by atoms with E-state index in [1.807, 2.05) is 11.9 Å². The molecule has 0 bridgehead atoms. The monoisotopic (exact) mass is 311 g/mol. The molecule has 1 aliphatic carbocycles. The van der Waals surface area contributed by atoms with Crippen molar-refractivity contribution in [3.63, 3.8) is 0 Å². The number of carbonyl (C=O) groups is 1. The molecule has 2 N–H and O–H groups in total. The fraction of sp³-hybridized carbons (Fsp3) is 0.941. The van der Waals surface area contributed by atoms with Gasteiger partial charge in [0.05, 0.1) is 0 Å². The Balaban J connectivity index is 1.62. The molecule has 0 spiro atoms. The van der Waals surface area contributed by atoms with Crippen LogP contribution in [0.25, 0.3) is 0 Å². The van der Waals surface area contributed by atoms with Gasteiger partial charge in [0.25, 0.3) is 0 Å². The lowest BCUT2D eigenvalue weighted by atomic mass is 9.86. The molecule has 0 unspecified atom stereocenters. The van der Waals surface area contributed by atoms with Gasteiger partial charge in [-0.3, -0.25) is 0 Å². The van der Waals surface area contributed by atoms with Crippen LogP contribution in [0.2, 0.25) is 0 Å². The first-order valence-corrected chi connectivity index (χ1v) is 8.90. The number of hydrogen-bond donors (Lipinski definition) is 2. The Morgan fingerprint density at radius 2 is 1.77 bits per heavy atom. The summed E-state index contributed by atoms with van der Waals surface area (Å²) in [7, 11) is 4.09. The van der Waals surface area contributed by atoms with Crippen LogP contribution in [0.1, 0.15) is 44.9 Å². The SMILES string of the molecule is CN1CCC(CCNC(=O)N(C)C2CCC(CO)CC2)CC1. The molecule has 1 saturated carbocycles. The van der Waals surface area contributed by atoms with E-state index in [2.05, 4.69) is 17.3 Å². The van der Waals surface area contributed by atoms with Gasteiger partial charge < -0.3 is 20.2 Å². The number of hydrogen-bond acceptors (Lipinski definition) is 3. The highest BCUT2D eigenvalue weighted by Gasteiger charge is 2.26. The van der Waals surface area contributed by atoms with Crippen molar-refractivity contribution in [1.82, 2.24) is 15.1 Å². The standard InChI is InChI=1S/C17H33N3O2/c1-19-11-8-14(9-12-19)7-10-18-17(22)20(2)16-5-3-15(13-21)4-6-16/h14-16,21H,3-13H2,1-2H3,(H,18,22). The molecule has 5 nitrogen and oxygen atoms in total. The molecule has 0 aromatic rings. The molecule has 0 aromatic carbocycles. The summed E-state index contributed by atoms with van der Waals surface area (Å²) in [6, 6.07) is 0.409. The van der Waals surface area contributed by atoms with Crippen molar-refractivity contribution in [3.05, 3.63) is 0 Å². The highest BCUT2D eigenvalue weighted by atomic mass is 16.3. The Hall–Kier alpha value is -0.810. The van der Waals surface area contributed by atoms with Gasteiger partial charge in [-0.05, 0) is 76.9 Å². The van der Waals surface area contributed by atoms with Crippen LogP contribution in [-0.2, 0) is 0 Å². The van der Waals surface area contributed by atoms with Gasteiger partial charge in [0, 0.05) is 26.2 Å². The summed E-state index contributed by atoms with van der Waals surface area (Å²) in [5.74, 6) is 1.21. The molecule has 2 aliphatic rings. The number of piperidine rings is 1. The van der Waals surface area contributed by atoms with Gasteiger partial charge in [-0.15, -0.1) is 0 Å². The summed E-state index contributed by atoms with van der Waals surface area (Å²) in [6.07, 6.45) is 7.72. The van der Waals surface area contributed by atoms with Crippen molar-refractivity contribution in [2.24, 2.45) is 11.8 Å². The molecule has 1 aliphatic heterocycles. The number of amides is 2. The average molecular weight is 311 g/mol. The van der Waals surface area contributed by atoms with Gasteiger partial charge in [0.15, 0.2) is 0 Å². The lowest BCUT2D eigenvalue weighted by Gasteiger charge is -2.34. The Labute approximate surface area is 135 Å². The van der Waals surface area contributed by atoms with Gasteiger partial charge >= 0.3 is 6.03 Å². The summed E-state index contributed by atoms with van der Waals surface area (Å²) in [6.45, 7) is 3.46. The van der Waals surface area contributed by atoms with Crippen molar-refractivity contribution < 1.29 is 9.90 Å². The molecule has 1 saturated heterocycles. The lowest BCUT2D eigenvalue weighted by molar-refractivity contribution is 0.133. The summed E-state index contributed by atoms with van der Waals surface area (Å²) < 4.78 is 0. The van der Waals surface area contributed by atoms with Crippen LogP contribution in [0, 0.1) is 11.8 Å². The van der Waals surface area contributed by atoms with E-state index >= 15 is 0 Å². The van der Waals surface area contributed by atoms with E-state index in [1.165, 1.54) is 25.9 Å². The first kappa shape index (κ1) is 17.5. The number of aliphatic hydroxyl groups excluding tert-OH is 1. The molecular formula is C17H33N3O2. The van der Waals surface area contributed by atoms with E-state index in [9.17, 15) is 9.90 Å². The highest BCUT2D eigenvalue weighted by molar-refractivity contribution is 5.74. The first-order chi connectivity index (χ1) is 10.6. The van der Waals surface area contributed by atoms with Gasteiger partial charge in [0.1, 0.15) is 0 Å². The lowest BCUT2D eigenvalue weighted by Crippen LogP contribution is -2.45. The van der Waals surface area contributed by atoms with Crippen molar-refractivity contribution in [1.29, 1.82) is 0 Å². The maximum Gasteiger partial charge on any atom is 0.317 e. The van der Waals surface area contributed by atoms with Crippen LogP contribution in [0.15, 0.2) is 0 Å². The average Bonchev–Trinajstić information content (AvgIpc) is 2.56. The Kier molecular flexibility index (Phi) is 6.96. The van der Waals surface area contributed by atoms with Gasteiger partial charge in [-0.25, -0.2) is 4.79 Å². The molecule has 1 heterocycles. The minimum atomic E-state index is 0.0698. The molecule has 2 rings (SSSR count). The third-order valence-electron chi connectivity index (χ3n) is 5.61. The van der Waals surface area contributed by atoms with Gasteiger partial charge in [-0.1, -0.05) is 0 Å². The number of rotatable bonds is 5. The Morgan fingerprint density at radius 1 is 1.14 bits per heavy atom. The zero-order chi connectivity index (χ0) is 15.9. The van der Waals surface area contributed by atoms with Crippen molar-refractivity contribution >= 4 is 6.03 Å². The topological polar surface area (TPSA) is 55.8 Å². The van der Waals surface area contributed by atoms with Crippen LogP contribution in [0.4, 0.5) is 4.79 Å². The minimum Gasteiger partial charge on any atom is -0.396 e. The smallest absolute Gasteiger partial charge is 0.317 e. The molecule has 22 heavy (non-hydrogen) atoms. The third kappa shape index (κ3) is 5.13. The quantitative estimate of drug-likeness (QED) is 0.815. The third-order valence-corrected chi connectivity index (χ3v) is 5.61. The number of urea groups is 1. The van der Waals surface area contributed by atoms with Crippen molar-refractivity contribution in [2.75, 3.05) is 40.3 Å². The van der Waals surface area contributed by atoms with Crippen LogP contribution >= 0.6 is 0 Å². The maximum absolute atomic E-state index is 12.2. The fourth-order valence-corrected chi connectivity index (χ4v) is 3.74. The van der Waals surface area contributed by atoms with Crippen LogP contribution in [0.3, 0.4) is 0 Å². The van der Waals surface area contributed by atoms with Crippen LogP contribution in [0.5, 0.6) is 0 Å². The molecule has 128 valence electrons. The predicted octanol–water partition coefficient (Wildman–Crippen LogP) is 1.91. The van der Waals surface area contributed by atoms with E-state index in [0.717, 1.165) is 44.6 Å². The normalized spacial score (nSPS) is 27.6. The minimum absolute atomic E-state index is 0.0698. The second-order valence-corrected chi connectivity index (χ2v) is 7.24. The number of nitrogens with one attached hydrogen (secondary N) is 1. The molecule has 0 aromatic heterocycles. The Bertz CT molecular complexity index is 335. The highest BCUT2D eigenvalue weighted by Crippen LogP contribution is 2.26. The first-order valence-electron chi connectivity index (χ1n) is 8.90. The second kappa shape index (κ2) is 8.73. The van der Waals surface area contributed by atoms with E-state index in [0.29, 0.717) is 18.6 Å². The fourth-order valence-electron chi connectivity index (χ4n) is 3.74. The largest absolute Gasteiger partial charge is 0.396 e. The van der Waals surface area contributed by atoms with Crippen LogP contribution in [-0.4, -0.2) is 67.3 Å². The van der Waals surface area contributed by atoms with Crippen LogP contribution < -0.4 is 5.32 Å². The van der Waals surface area contributed by atoms with Crippen molar-refractivity contribution in [3.8, 4) is 0 Å². The molecule has 0 atom stereocenters. The number of likely N-dealkylation sites (tertiary alicyclic amines) is 1. The molecule has 2 fully saturated rings. The Morgan fingerprint density at radius 3 is 2.36 bits per heavy atom.